The van der Waals surface area contributed by atoms with Crippen molar-refractivity contribution in [3.63, 3.8) is 0 Å². The van der Waals surface area contributed by atoms with Gasteiger partial charge in [-0.25, -0.2) is 4.98 Å². The molecule has 0 saturated carbocycles. The highest BCUT2D eigenvalue weighted by atomic mass is 32.1. The number of likely N-dealkylation sites (tertiary alicyclic amines) is 1. The molecule has 1 fully saturated rings. The van der Waals surface area contributed by atoms with Gasteiger partial charge in [0, 0.05) is 32.1 Å². The molecule has 1 amide bonds. The maximum Gasteiger partial charge on any atom is 0.264 e. The summed E-state index contributed by atoms with van der Waals surface area (Å²) in [5.74, 6) is 0.880. The summed E-state index contributed by atoms with van der Waals surface area (Å²) in [6, 6.07) is 0.104. The van der Waals surface area contributed by atoms with Crippen molar-refractivity contribution in [1.29, 1.82) is 0 Å². The first-order valence-corrected chi connectivity index (χ1v) is 10.7. The second-order valence-electron chi connectivity index (χ2n) is 8.64. The average molecular weight is 389 g/mol. The minimum atomic E-state index is -0.104. The van der Waals surface area contributed by atoms with Crippen molar-refractivity contribution in [2.45, 2.75) is 65.5 Å². The fraction of sp³-hybridized carbons (Fsp3) is 0.650. The lowest BCUT2D eigenvalue weighted by Crippen LogP contribution is -2.53. The van der Waals surface area contributed by atoms with Crippen LogP contribution in [0, 0.1) is 12.3 Å². The molecular weight excluding hydrogens is 360 g/mol. The normalized spacial score (nSPS) is 22.5. The number of aryl methyl sites for hydroxylation is 2. The van der Waals surface area contributed by atoms with Crippen molar-refractivity contribution in [1.82, 2.24) is 14.5 Å². The van der Waals surface area contributed by atoms with E-state index in [1.807, 2.05) is 16.4 Å². The molecule has 7 heteroatoms. The molecule has 2 aromatic rings. The van der Waals surface area contributed by atoms with Gasteiger partial charge >= 0.3 is 0 Å². The Morgan fingerprint density at radius 2 is 2.04 bits per heavy atom. The number of fused-ring (bicyclic) bond motifs is 2. The summed E-state index contributed by atoms with van der Waals surface area (Å²) in [5.41, 5.74) is 6.92. The molecule has 1 unspecified atom stereocenters. The van der Waals surface area contributed by atoms with Gasteiger partial charge in [0.15, 0.2) is 0 Å². The van der Waals surface area contributed by atoms with Gasteiger partial charge in [0.1, 0.15) is 10.7 Å². The molecule has 2 N–H and O–H groups in total. The summed E-state index contributed by atoms with van der Waals surface area (Å²) in [6.45, 7) is 8.15. The van der Waals surface area contributed by atoms with E-state index in [2.05, 4.69) is 13.8 Å². The summed E-state index contributed by atoms with van der Waals surface area (Å²) in [4.78, 5) is 34.4. The smallest absolute Gasteiger partial charge is 0.264 e. The minimum Gasteiger partial charge on any atom is -0.337 e. The fourth-order valence-corrected chi connectivity index (χ4v) is 5.46. The van der Waals surface area contributed by atoms with Gasteiger partial charge in [-0.3, -0.25) is 14.2 Å². The van der Waals surface area contributed by atoms with E-state index in [4.69, 9.17) is 10.7 Å². The molecule has 4 heterocycles. The zero-order valence-electron chi connectivity index (χ0n) is 16.4. The van der Waals surface area contributed by atoms with Gasteiger partial charge in [-0.05, 0) is 37.2 Å². The molecular formula is C20H28N4O2S. The zero-order chi connectivity index (χ0) is 19.3. The van der Waals surface area contributed by atoms with E-state index < -0.39 is 0 Å². The molecule has 2 aromatic heterocycles. The molecule has 0 spiro atoms. The first-order valence-electron chi connectivity index (χ1n) is 9.87. The van der Waals surface area contributed by atoms with E-state index in [0.717, 1.165) is 50.0 Å². The Bertz CT molecular complexity index is 959. The van der Waals surface area contributed by atoms with Crippen molar-refractivity contribution < 1.29 is 4.79 Å². The predicted octanol–water partition coefficient (Wildman–Crippen LogP) is 2.69. The quantitative estimate of drug-likeness (QED) is 0.814. The predicted molar refractivity (Wildman–Crippen MR) is 108 cm³/mol. The van der Waals surface area contributed by atoms with Crippen LogP contribution in [0.2, 0.25) is 0 Å². The van der Waals surface area contributed by atoms with E-state index in [1.54, 1.807) is 0 Å². The molecule has 146 valence electrons. The maximum absolute atomic E-state index is 13.2. The third-order valence-electron chi connectivity index (χ3n) is 6.21. The summed E-state index contributed by atoms with van der Waals surface area (Å²) < 4.78 is 1.83. The van der Waals surface area contributed by atoms with Crippen molar-refractivity contribution >= 4 is 27.5 Å². The van der Waals surface area contributed by atoms with Crippen LogP contribution in [-0.4, -0.2) is 39.5 Å². The van der Waals surface area contributed by atoms with E-state index >= 15 is 0 Å². The van der Waals surface area contributed by atoms with Crippen LogP contribution in [-0.2, 0) is 13.0 Å². The van der Waals surface area contributed by atoms with Gasteiger partial charge in [-0.15, -0.1) is 11.3 Å². The number of thiophene rings is 1. The third kappa shape index (κ3) is 3.10. The van der Waals surface area contributed by atoms with Gasteiger partial charge < -0.3 is 10.6 Å². The Balaban J connectivity index is 1.75. The number of amides is 1. The van der Waals surface area contributed by atoms with Gasteiger partial charge in [-0.1, -0.05) is 20.3 Å². The number of carbonyl (C=O) groups is 1. The van der Waals surface area contributed by atoms with Gasteiger partial charge in [0.2, 0.25) is 0 Å². The van der Waals surface area contributed by atoms with Crippen molar-refractivity contribution in [3.8, 4) is 0 Å². The lowest BCUT2D eigenvalue weighted by Gasteiger charge is -2.42. The Hall–Kier alpha value is -1.73. The number of piperidine rings is 1. The molecule has 0 bridgehead atoms. The van der Waals surface area contributed by atoms with Crippen molar-refractivity contribution in [3.05, 3.63) is 26.6 Å². The number of rotatable bonds is 1. The average Bonchev–Trinajstić information content (AvgIpc) is 2.79. The van der Waals surface area contributed by atoms with Gasteiger partial charge in [0.05, 0.1) is 10.3 Å². The van der Waals surface area contributed by atoms with Crippen LogP contribution in [0.4, 0.5) is 0 Å². The maximum atomic E-state index is 13.2. The first-order chi connectivity index (χ1) is 12.8. The molecule has 27 heavy (non-hydrogen) atoms. The van der Waals surface area contributed by atoms with Crippen LogP contribution >= 0.6 is 11.3 Å². The number of nitrogens with two attached hydrogens (primary N) is 1. The Morgan fingerprint density at radius 3 is 2.78 bits per heavy atom. The Labute approximate surface area is 163 Å². The summed E-state index contributed by atoms with van der Waals surface area (Å²) >= 11 is 1.37. The van der Waals surface area contributed by atoms with E-state index in [9.17, 15) is 9.59 Å². The van der Waals surface area contributed by atoms with E-state index in [-0.39, 0.29) is 22.9 Å². The van der Waals surface area contributed by atoms with Crippen molar-refractivity contribution in [2.24, 2.45) is 11.1 Å². The molecule has 4 rings (SSSR count). The van der Waals surface area contributed by atoms with Crippen LogP contribution in [0.3, 0.4) is 0 Å². The third-order valence-corrected chi connectivity index (χ3v) is 7.38. The lowest BCUT2D eigenvalue weighted by atomic mass is 9.79. The fourth-order valence-electron chi connectivity index (χ4n) is 4.30. The highest BCUT2D eigenvalue weighted by Crippen LogP contribution is 2.33. The van der Waals surface area contributed by atoms with Gasteiger partial charge in [-0.2, -0.15) is 0 Å². The van der Waals surface area contributed by atoms with Gasteiger partial charge in [0.25, 0.3) is 11.5 Å². The zero-order valence-corrected chi connectivity index (χ0v) is 17.2. The molecule has 2 aliphatic heterocycles. The van der Waals surface area contributed by atoms with E-state index in [1.165, 1.54) is 11.3 Å². The van der Waals surface area contributed by atoms with Crippen LogP contribution < -0.4 is 11.3 Å². The molecule has 2 aliphatic rings. The molecule has 0 aromatic carbocycles. The highest BCUT2D eigenvalue weighted by molar-refractivity contribution is 7.20. The highest BCUT2D eigenvalue weighted by Gasteiger charge is 2.36. The topological polar surface area (TPSA) is 81.2 Å². The molecule has 0 radical (unpaired) electrons. The summed E-state index contributed by atoms with van der Waals surface area (Å²) in [5, 5.41) is 0.627. The summed E-state index contributed by atoms with van der Waals surface area (Å²) in [6.07, 6.45) is 4.85. The Morgan fingerprint density at radius 1 is 1.26 bits per heavy atom. The largest absolute Gasteiger partial charge is 0.337 e. The second kappa shape index (κ2) is 6.71. The minimum absolute atomic E-state index is 0.00932. The van der Waals surface area contributed by atoms with Crippen LogP contribution in [0.25, 0.3) is 10.2 Å². The second-order valence-corrected chi connectivity index (χ2v) is 9.64. The SMILES string of the molecule is Cc1c(C(=O)N2CCC(N)C(C)(C)C2)sc2nc3n(c(=O)c12)CCCCC3. The monoisotopic (exact) mass is 388 g/mol. The number of hydrogen-bond donors (Lipinski definition) is 1. The number of hydrogen-bond acceptors (Lipinski definition) is 5. The van der Waals surface area contributed by atoms with E-state index in [0.29, 0.717) is 28.2 Å². The number of aromatic nitrogens is 2. The molecule has 6 nitrogen and oxygen atoms in total. The van der Waals surface area contributed by atoms with Crippen LogP contribution in [0.1, 0.15) is 60.6 Å². The molecule has 1 atom stereocenters. The standard InChI is InChI=1S/C20H28N4O2S/c1-12-15-17(22-14-7-5-4-6-9-24(14)18(15)25)27-16(12)19(26)23-10-8-13(21)20(2,3)11-23/h13H,4-11,21H2,1-3H3. The van der Waals surface area contributed by atoms with Crippen molar-refractivity contribution in [2.75, 3.05) is 13.1 Å². The first kappa shape index (κ1) is 18.6. The number of nitrogens with zero attached hydrogens (tertiary/aromatic N) is 3. The summed E-state index contributed by atoms with van der Waals surface area (Å²) in [7, 11) is 0. The van der Waals surface area contributed by atoms with Crippen LogP contribution in [0.15, 0.2) is 4.79 Å². The number of carbonyl (C=O) groups excluding carboxylic acids is 1. The molecule has 1 saturated heterocycles. The van der Waals surface area contributed by atoms with Crippen LogP contribution in [0.5, 0.6) is 0 Å². The Kier molecular flexibility index (Phi) is 4.63. The molecule has 0 aliphatic carbocycles. The lowest BCUT2D eigenvalue weighted by molar-refractivity contribution is 0.0537.